The monoisotopic (exact) mass is 1220 g/mol. The van der Waals surface area contributed by atoms with Gasteiger partial charge in [-0.1, -0.05) is 45.1 Å². The molecule has 2 amide bonds. The number of carboxylic acids is 1. The molecule has 0 saturated heterocycles. The first-order valence-electron chi connectivity index (χ1n) is 24.4. The number of halogens is 12. The Balaban J connectivity index is 0.000000189. The standard InChI is InChI=1S/C24H20ClF4N5O2.C19H16ClF4N3O2.C13H11ClFNO2/c1-13-9-16(32-36-13)11-33(3)23(35)21-20(17-6-5-15(25)10-18(17)26)14(2)22(24(27,28)29)34(21)12-19-30-7-4-8-31-19;1-9-6-12(26-29-9)8-27(3)18(28)16-15(10(2)17(25-16)19(22,23)24)13-5-4-11(20)7-14(13)21;1-6-7(2)16-12(13(17)18)11(6)9-4-3-8(14)5-10(9)15/h4-10H,11-12H2,1-3H3;4-7,25H,8H2,1-3H3;3-5,16H,1-2H3,(H,17,18). The lowest BCUT2D eigenvalue weighted by atomic mass is 9.99. The van der Waals surface area contributed by atoms with Gasteiger partial charge in [0.2, 0.25) is 0 Å². The molecule has 15 nitrogen and oxygen atoms in total. The summed E-state index contributed by atoms with van der Waals surface area (Å²) in [5, 5.41) is 17.2. The fraction of sp³-hybridized carbons (Fsp3) is 0.232. The number of carboxylic acid groups (broad SMARTS) is 1. The number of nitrogens with one attached hydrogen (secondary N) is 2. The second kappa shape index (κ2) is 25.0. The number of aryl methyl sites for hydroxylation is 3. The van der Waals surface area contributed by atoms with Crippen LogP contribution in [0.25, 0.3) is 33.4 Å². The highest BCUT2D eigenvalue weighted by Crippen LogP contribution is 2.44. The molecule has 9 aromatic rings. The molecule has 0 unspecified atom stereocenters. The van der Waals surface area contributed by atoms with Crippen LogP contribution in [-0.2, 0) is 32.0 Å². The van der Waals surface area contributed by atoms with Crippen molar-refractivity contribution in [3.05, 3.63) is 197 Å². The van der Waals surface area contributed by atoms with Crippen molar-refractivity contribution in [2.45, 2.75) is 73.5 Å². The van der Waals surface area contributed by atoms with Crippen molar-refractivity contribution < 1.29 is 68.1 Å². The van der Waals surface area contributed by atoms with Crippen molar-refractivity contribution in [3.8, 4) is 33.4 Å². The lowest BCUT2D eigenvalue weighted by Gasteiger charge is -2.20. The molecule has 6 heterocycles. The molecule has 0 atom stereocenters. The van der Waals surface area contributed by atoms with E-state index in [4.69, 9.17) is 49.0 Å². The Labute approximate surface area is 481 Å². The average Bonchev–Trinajstić information content (AvgIpc) is 4.40. The zero-order valence-corrected chi connectivity index (χ0v) is 47.1. The number of carbonyl (C=O) groups is 3. The molecule has 0 bridgehead atoms. The maximum atomic E-state index is 15.0. The summed E-state index contributed by atoms with van der Waals surface area (Å²) in [5.74, 6) is -3.81. The molecule has 436 valence electrons. The van der Waals surface area contributed by atoms with Gasteiger partial charge in [-0.15, -0.1) is 0 Å². The first-order valence-corrected chi connectivity index (χ1v) is 25.5. The minimum atomic E-state index is -4.86. The van der Waals surface area contributed by atoms with Gasteiger partial charge in [-0.3, -0.25) is 9.59 Å². The van der Waals surface area contributed by atoms with Crippen molar-refractivity contribution >= 4 is 52.6 Å². The van der Waals surface area contributed by atoms with Crippen LogP contribution in [0.2, 0.25) is 15.1 Å². The quantitative estimate of drug-likeness (QED) is 0.0992. The summed E-state index contributed by atoms with van der Waals surface area (Å²) >= 11 is 17.3. The fourth-order valence-corrected chi connectivity index (χ4v) is 9.50. The summed E-state index contributed by atoms with van der Waals surface area (Å²) < 4.78 is 138. The molecule has 0 aliphatic carbocycles. The van der Waals surface area contributed by atoms with Crippen molar-refractivity contribution in [2.75, 3.05) is 14.1 Å². The number of H-pyrrole nitrogens is 2. The summed E-state index contributed by atoms with van der Waals surface area (Å²) in [6.07, 6.45) is -6.85. The van der Waals surface area contributed by atoms with Crippen LogP contribution in [0.1, 0.15) is 94.0 Å². The zero-order valence-electron chi connectivity index (χ0n) is 44.9. The van der Waals surface area contributed by atoms with Gasteiger partial charge in [0.15, 0.2) is 0 Å². The second-order valence-electron chi connectivity index (χ2n) is 18.8. The number of aromatic carboxylic acids is 1. The highest BCUT2D eigenvalue weighted by Gasteiger charge is 2.43. The van der Waals surface area contributed by atoms with Crippen LogP contribution in [0.15, 0.2) is 94.2 Å². The predicted molar refractivity (Wildman–Crippen MR) is 288 cm³/mol. The second-order valence-corrected chi connectivity index (χ2v) is 20.1. The van der Waals surface area contributed by atoms with Gasteiger partial charge >= 0.3 is 18.3 Å². The van der Waals surface area contributed by atoms with E-state index in [0.29, 0.717) is 39.7 Å². The van der Waals surface area contributed by atoms with Crippen LogP contribution in [0.4, 0.5) is 39.5 Å². The van der Waals surface area contributed by atoms with Crippen LogP contribution in [0, 0.1) is 59.0 Å². The topological polar surface area (TPSA) is 192 Å². The predicted octanol–water partition coefficient (Wildman–Crippen LogP) is 14.8. The lowest BCUT2D eigenvalue weighted by Crippen LogP contribution is -2.30. The molecule has 3 aromatic carbocycles. The third-order valence-corrected chi connectivity index (χ3v) is 13.5. The number of hydrogen-bond donors (Lipinski definition) is 3. The third kappa shape index (κ3) is 13.9. The van der Waals surface area contributed by atoms with E-state index < -0.39 is 65.5 Å². The van der Waals surface area contributed by atoms with E-state index in [0.717, 1.165) is 16.7 Å². The molecular formula is C56H47Cl3F9N9O6. The number of hydrogen-bond acceptors (Lipinski definition) is 9. The van der Waals surface area contributed by atoms with Gasteiger partial charge < -0.3 is 38.5 Å². The Kier molecular flexibility index (Phi) is 18.8. The largest absolute Gasteiger partial charge is 0.477 e. The van der Waals surface area contributed by atoms with Gasteiger partial charge in [0.25, 0.3) is 11.8 Å². The van der Waals surface area contributed by atoms with Crippen molar-refractivity contribution in [1.29, 1.82) is 0 Å². The molecule has 0 fully saturated rings. The normalized spacial score (nSPS) is 11.5. The van der Waals surface area contributed by atoms with E-state index in [2.05, 4.69) is 30.2 Å². The molecule has 27 heteroatoms. The van der Waals surface area contributed by atoms with Gasteiger partial charge in [-0.2, -0.15) is 26.3 Å². The number of amides is 2. The summed E-state index contributed by atoms with van der Waals surface area (Å²) in [4.78, 5) is 53.1. The summed E-state index contributed by atoms with van der Waals surface area (Å²) in [6, 6.07) is 16.1. The van der Waals surface area contributed by atoms with E-state index in [1.165, 1.54) is 98.7 Å². The number of rotatable bonds is 12. The molecule has 0 aliphatic rings. The minimum absolute atomic E-state index is 0.00185. The van der Waals surface area contributed by atoms with Gasteiger partial charge in [-0.05, 0) is 119 Å². The van der Waals surface area contributed by atoms with Gasteiger partial charge in [0, 0.05) is 92.8 Å². The molecule has 3 N–H and O–H groups in total. The minimum Gasteiger partial charge on any atom is -0.477 e. The number of carbonyl (C=O) groups excluding carboxylic acids is 2. The first kappa shape index (κ1) is 62.3. The Bertz CT molecular complexity index is 3890. The molecule has 0 radical (unpaired) electrons. The van der Waals surface area contributed by atoms with Crippen molar-refractivity contribution in [1.82, 2.24) is 44.6 Å². The van der Waals surface area contributed by atoms with Crippen molar-refractivity contribution in [2.24, 2.45) is 0 Å². The average molecular weight is 1220 g/mol. The maximum absolute atomic E-state index is 15.0. The third-order valence-electron chi connectivity index (χ3n) is 12.8. The Morgan fingerprint density at radius 3 is 1.46 bits per heavy atom. The molecule has 9 rings (SSSR count). The van der Waals surface area contributed by atoms with E-state index in [9.17, 15) is 49.5 Å². The molecule has 0 spiro atoms. The van der Waals surface area contributed by atoms with Gasteiger partial charge in [0.05, 0.1) is 19.6 Å². The van der Waals surface area contributed by atoms with Gasteiger partial charge in [-0.25, -0.2) is 27.9 Å². The highest BCUT2D eigenvalue weighted by atomic mass is 35.5. The number of nitrogens with zero attached hydrogens (tertiary/aromatic N) is 7. The summed E-state index contributed by atoms with van der Waals surface area (Å²) in [7, 11) is 2.81. The van der Waals surface area contributed by atoms with Crippen LogP contribution in [0.5, 0.6) is 0 Å². The van der Waals surface area contributed by atoms with E-state index in [1.54, 1.807) is 39.8 Å². The van der Waals surface area contributed by atoms with E-state index >= 15 is 4.39 Å². The van der Waals surface area contributed by atoms with Gasteiger partial charge in [0.1, 0.15) is 74.7 Å². The Hall–Kier alpha value is -8.35. The van der Waals surface area contributed by atoms with E-state index in [-0.39, 0.29) is 90.0 Å². The molecule has 0 saturated carbocycles. The first-order chi connectivity index (χ1) is 38.9. The smallest absolute Gasteiger partial charge is 0.431 e. The molecular weight excluding hydrogens is 1170 g/mol. The zero-order chi connectivity index (χ0) is 61.2. The maximum Gasteiger partial charge on any atom is 0.431 e. The van der Waals surface area contributed by atoms with Crippen LogP contribution in [-0.4, -0.2) is 81.6 Å². The Morgan fingerprint density at radius 2 is 1.05 bits per heavy atom. The highest BCUT2D eigenvalue weighted by molar-refractivity contribution is 6.31. The van der Waals surface area contributed by atoms with Crippen LogP contribution in [0.3, 0.4) is 0 Å². The number of aromatic nitrogens is 7. The molecule has 0 aliphatic heterocycles. The lowest BCUT2D eigenvalue weighted by molar-refractivity contribution is -0.144. The number of alkyl halides is 6. The fourth-order valence-electron chi connectivity index (χ4n) is 9.03. The molecule has 83 heavy (non-hydrogen) atoms. The summed E-state index contributed by atoms with van der Waals surface area (Å²) in [6.45, 7) is 8.70. The van der Waals surface area contributed by atoms with Crippen LogP contribution < -0.4 is 0 Å². The van der Waals surface area contributed by atoms with Crippen LogP contribution >= 0.6 is 34.8 Å². The van der Waals surface area contributed by atoms with Crippen molar-refractivity contribution in [3.63, 3.8) is 0 Å². The summed E-state index contributed by atoms with van der Waals surface area (Å²) in [5.41, 5.74) is -1.42. The number of benzene rings is 3. The number of aromatic amines is 2. The Morgan fingerprint density at radius 1 is 0.602 bits per heavy atom. The SMILES string of the molecule is Cc1[nH]c(C(=O)O)c(-c2ccc(Cl)cc2F)c1C.Cc1cc(CN(C)C(=O)c2[nH]c(C(F)(F)F)c(C)c2-c2ccc(Cl)cc2F)no1.Cc1cc(CN(C)C(=O)c2c(-c3ccc(Cl)cc3F)c(C)c(C(F)(F)F)n2Cc2ncccn2)no1. The molecule has 6 aromatic heterocycles. The van der Waals surface area contributed by atoms with E-state index in [1.807, 2.05) is 0 Å².